The summed E-state index contributed by atoms with van der Waals surface area (Å²) in [5.41, 5.74) is -0.848. The summed E-state index contributed by atoms with van der Waals surface area (Å²) < 4.78 is 31.4. The summed E-state index contributed by atoms with van der Waals surface area (Å²) in [7, 11) is -4.62. The monoisotopic (exact) mass is 293 g/mol. The largest absolute Gasteiger partial charge is 1.00 e. The van der Waals surface area contributed by atoms with E-state index in [1.54, 1.807) is 0 Å². The molecule has 0 spiro atoms. The SMILES string of the molecule is O=C(O)c1cc(S(=O)(=O)O)c2cccnc2c1O.[H-].[Na+]. The van der Waals surface area contributed by atoms with Crippen LogP contribution in [0.25, 0.3) is 10.9 Å². The van der Waals surface area contributed by atoms with Crippen molar-refractivity contribution in [1.82, 2.24) is 4.98 Å². The number of pyridine rings is 1. The predicted octanol–water partition coefficient (Wildman–Crippen LogP) is -2.00. The zero-order valence-electron chi connectivity index (χ0n) is 10.7. The van der Waals surface area contributed by atoms with Gasteiger partial charge in [0.05, 0.1) is 0 Å². The third-order valence-corrected chi connectivity index (χ3v) is 3.23. The van der Waals surface area contributed by atoms with Crippen molar-refractivity contribution >= 4 is 27.0 Å². The van der Waals surface area contributed by atoms with E-state index in [1.165, 1.54) is 18.3 Å². The van der Waals surface area contributed by atoms with Gasteiger partial charge in [-0.1, -0.05) is 0 Å². The minimum Gasteiger partial charge on any atom is -1.00 e. The molecule has 0 aliphatic rings. The van der Waals surface area contributed by atoms with Crippen LogP contribution in [0.2, 0.25) is 0 Å². The van der Waals surface area contributed by atoms with Gasteiger partial charge in [0.1, 0.15) is 16.0 Å². The molecule has 0 bridgehead atoms. The van der Waals surface area contributed by atoms with E-state index < -0.39 is 32.3 Å². The molecular formula is C10H8NNaO6S. The molecule has 1 aromatic carbocycles. The third kappa shape index (κ3) is 2.88. The average Bonchev–Trinajstić information content (AvgIpc) is 2.27. The van der Waals surface area contributed by atoms with Gasteiger partial charge in [0, 0.05) is 11.6 Å². The Balaban J connectivity index is 0.00000180. The minimum atomic E-state index is -4.62. The van der Waals surface area contributed by atoms with Crippen LogP contribution in [-0.4, -0.2) is 34.1 Å². The molecule has 19 heavy (non-hydrogen) atoms. The fourth-order valence-corrected chi connectivity index (χ4v) is 2.28. The number of aromatic carboxylic acids is 1. The maximum absolute atomic E-state index is 11.2. The Bertz CT molecular complexity index is 764. The molecule has 0 saturated carbocycles. The number of nitrogens with zero attached hydrogens (tertiary/aromatic N) is 1. The summed E-state index contributed by atoms with van der Waals surface area (Å²) in [5.74, 6) is -2.17. The van der Waals surface area contributed by atoms with Crippen LogP contribution in [0, 0.1) is 0 Å². The molecule has 2 rings (SSSR count). The van der Waals surface area contributed by atoms with Crippen LogP contribution in [0.5, 0.6) is 5.75 Å². The molecule has 0 aliphatic carbocycles. The molecule has 0 atom stereocenters. The molecule has 0 aliphatic heterocycles. The maximum Gasteiger partial charge on any atom is 1.00 e. The number of aromatic nitrogens is 1. The zero-order chi connectivity index (χ0) is 13.5. The molecule has 0 fully saturated rings. The molecular weight excluding hydrogens is 285 g/mol. The van der Waals surface area contributed by atoms with Crippen LogP contribution in [0.4, 0.5) is 0 Å². The van der Waals surface area contributed by atoms with Gasteiger partial charge in [-0.3, -0.25) is 9.54 Å². The fourth-order valence-electron chi connectivity index (χ4n) is 1.57. The molecule has 1 aromatic heterocycles. The van der Waals surface area contributed by atoms with Crippen LogP contribution in [0.3, 0.4) is 0 Å². The maximum atomic E-state index is 11.2. The molecule has 0 radical (unpaired) electrons. The molecule has 1 heterocycles. The van der Waals surface area contributed by atoms with Crippen molar-refractivity contribution in [3.63, 3.8) is 0 Å². The zero-order valence-corrected chi connectivity index (χ0v) is 12.5. The van der Waals surface area contributed by atoms with Gasteiger partial charge in [-0.2, -0.15) is 8.42 Å². The van der Waals surface area contributed by atoms with Gasteiger partial charge in [0.2, 0.25) is 0 Å². The average molecular weight is 293 g/mol. The molecule has 2 aromatic rings. The number of aromatic hydroxyl groups is 1. The topological polar surface area (TPSA) is 125 Å². The Morgan fingerprint density at radius 2 is 2.00 bits per heavy atom. The third-order valence-electron chi connectivity index (χ3n) is 2.34. The van der Waals surface area contributed by atoms with Crippen molar-refractivity contribution in [2.24, 2.45) is 0 Å². The van der Waals surface area contributed by atoms with E-state index in [-0.39, 0.29) is 41.9 Å². The van der Waals surface area contributed by atoms with Crippen molar-refractivity contribution < 1.29 is 59.0 Å². The molecule has 3 N–H and O–H groups in total. The van der Waals surface area contributed by atoms with Gasteiger partial charge in [-0.15, -0.1) is 0 Å². The first-order valence-corrected chi connectivity index (χ1v) is 6.08. The van der Waals surface area contributed by atoms with Gasteiger partial charge in [0.25, 0.3) is 10.1 Å². The second-order valence-electron chi connectivity index (χ2n) is 3.45. The van der Waals surface area contributed by atoms with Gasteiger partial charge >= 0.3 is 35.5 Å². The second-order valence-corrected chi connectivity index (χ2v) is 4.84. The Hall–Kier alpha value is -1.19. The molecule has 96 valence electrons. The van der Waals surface area contributed by atoms with Crippen LogP contribution < -0.4 is 29.6 Å². The molecule has 7 nitrogen and oxygen atoms in total. The number of fused-ring (bicyclic) bond motifs is 1. The Kier molecular flexibility index (Phi) is 4.54. The number of rotatable bonds is 2. The number of carboxylic acid groups (broad SMARTS) is 1. The first-order valence-electron chi connectivity index (χ1n) is 4.64. The first-order chi connectivity index (χ1) is 8.32. The van der Waals surface area contributed by atoms with E-state index in [4.69, 9.17) is 9.66 Å². The smallest absolute Gasteiger partial charge is 1.00 e. The van der Waals surface area contributed by atoms with E-state index in [0.29, 0.717) is 6.07 Å². The van der Waals surface area contributed by atoms with Crippen molar-refractivity contribution in [2.75, 3.05) is 0 Å². The second kappa shape index (κ2) is 5.43. The number of carboxylic acids is 1. The number of phenols is 1. The summed E-state index contributed by atoms with van der Waals surface area (Å²) in [6, 6.07) is 3.39. The van der Waals surface area contributed by atoms with Crippen molar-refractivity contribution in [1.29, 1.82) is 0 Å². The minimum absolute atomic E-state index is 0. The summed E-state index contributed by atoms with van der Waals surface area (Å²) >= 11 is 0. The summed E-state index contributed by atoms with van der Waals surface area (Å²) in [5, 5.41) is 18.5. The standard InChI is InChI=1S/C10H7NO6S.Na.H/c12-9-6(10(13)14)4-7(18(15,16)17)5-2-1-3-11-8(5)9;;/h1-4,12H,(H,13,14)(H,15,16,17);;/q;+1;-1. The molecule has 0 amide bonds. The van der Waals surface area contributed by atoms with E-state index in [1.807, 2.05) is 0 Å². The van der Waals surface area contributed by atoms with Crippen LogP contribution >= 0.6 is 0 Å². The molecule has 9 heteroatoms. The van der Waals surface area contributed by atoms with E-state index in [0.717, 1.165) is 0 Å². The Morgan fingerprint density at radius 1 is 1.37 bits per heavy atom. The number of hydrogen-bond acceptors (Lipinski definition) is 5. The van der Waals surface area contributed by atoms with Gasteiger partial charge in [-0.25, -0.2) is 4.79 Å². The van der Waals surface area contributed by atoms with Crippen LogP contribution in [0.1, 0.15) is 11.8 Å². The number of benzene rings is 1. The fraction of sp³-hybridized carbons (Fsp3) is 0. The summed E-state index contributed by atoms with van der Waals surface area (Å²) in [4.78, 5) is 14.0. The van der Waals surface area contributed by atoms with Gasteiger partial charge < -0.3 is 11.6 Å². The number of hydrogen-bond donors (Lipinski definition) is 3. The van der Waals surface area contributed by atoms with Crippen molar-refractivity contribution in [2.45, 2.75) is 4.90 Å². The summed E-state index contributed by atoms with van der Waals surface area (Å²) in [6.07, 6.45) is 1.27. The number of carbonyl (C=O) groups is 1. The molecule has 0 saturated heterocycles. The van der Waals surface area contributed by atoms with Gasteiger partial charge in [-0.05, 0) is 18.2 Å². The van der Waals surface area contributed by atoms with E-state index in [9.17, 15) is 18.3 Å². The molecule has 0 unspecified atom stereocenters. The van der Waals surface area contributed by atoms with Gasteiger partial charge in [0.15, 0.2) is 5.75 Å². The Labute approximate surface area is 131 Å². The summed E-state index contributed by atoms with van der Waals surface area (Å²) in [6.45, 7) is 0. The quantitative estimate of drug-likeness (QED) is 0.432. The van der Waals surface area contributed by atoms with Crippen molar-refractivity contribution in [3.05, 3.63) is 30.0 Å². The Morgan fingerprint density at radius 3 is 2.53 bits per heavy atom. The van der Waals surface area contributed by atoms with Crippen LogP contribution in [-0.2, 0) is 10.1 Å². The van der Waals surface area contributed by atoms with E-state index >= 15 is 0 Å². The normalized spacial score (nSPS) is 11.0. The van der Waals surface area contributed by atoms with Crippen LogP contribution in [0.15, 0.2) is 29.3 Å². The predicted molar refractivity (Wildman–Crippen MR) is 61.3 cm³/mol. The van der Waals surface area contributed by atoms with E-state index in [2.05, 4.69) is 4.98 Å². The van der Waals surface area contributed by atoms with Crippen molar-refractivity contribution in [3.8, 4) is 5.75 Å². The first kappa shape index (κ1) is 15.9.